The lowest BCUT2D eigenvalue weighted by Crippen LogP contribution is -2.46. The van der Waals surface area contributed by atoms with Crippen LogP contribution in [0.1, 0.15) is 18.4 Å². The molecule has 31 heavy (non-hydrogen) atoms. The van der Waals surface area contributed by atoms with Gasteiger partial charge in [0.15, 0.2) is 0 Å². The van der Waals surface area contributed by atoms with Crippen LogP contribution in [0.2, 0.25) is 0 Å². The lowest BCUT2D eigenvalue weighted by Gasteiger charge is -2.38. The standard InChI is InChI=1S/C25H29N3O3/c1-18-6-2-5-9-23(18)28-16-14-27(15-17-28)20-12-10-19(11-13-20)26-24(29)21-7-3-4-8-22(21)25(30)31/h2-6,9-13,21-22H,7-8,14-17H2,1H3,(H,26,29)(H,30,31)/t21-,22-/m0/s1. The topological polar surface area (TPSA) is 72.9 Å². The molecule has 1 heterocycles. The molecule has 4 rings (SSSR count). The molecule has 162 valence electrons. The van der Waals surface area contributed by atoms with E-state index in [0.717, 1.165) is 31.9 Å². The quantitative estimate of drug-likeness (QED) is 0.719. The van der Waals surface area contributed by atoms with Crippen LogP contribution in [0.3, 0.4) is 0 Å². The molecule has 2 aliphatic rings. The van der Waals surface area contributed by atoms with Crippen molar-refractivity contribution in [3.8, 4) is 0 Å². The molecule has 2 atom stereocenters. The Balaban J connectivity index is 1.34. The number of anilines is 3. The van der Waals surface area contributed by atoms with E-state index in [9.17, 15) is 14.7 Å². The van der Waals surface area contributed by atoms with E-state index in [2.05, 4.69) is 46.3 Å². The van der Waals surface area contributed by atoms with Crippen LogP contribution in [-0.4, -0.2) is 43.2 Å². The van der Waals surface area contributed by atoms with Gasteiger partial charge in [-0.05, 0) is 55.7 Å². The van der Waals surface area contributed by atoms with Gasteiger partial charge in [-0.2, -0.15) is 0 Å². The van der Waals surface area contributed by atoms with Crippen molar-refractivity contribution in [1.29, 1.82) is 0 Å². The van der Waals surface area contributed by atoms with E-state index in [4.69, 9.17) is 0 Å². The molecule has 0 bridgehead atoms. The molecule has 0 radical (unpaired) electrons. The Bertz CT molecular complexity index is 962. The third-order valence-electron chi connectivity index (χ3n) is 6.32. The first-order chi connectivity index (χ1) is 15.0. The monoisotopic (exact) mass is 419 g/mol. The summed E-state index contributed by atoms with van der Waals surface area (Å²) in [7, 11) is 0. The fourth-order valence-electron chi connectivity index (χ4n) is 4.49. The fourth-order valence-corrected chi connectivity index (χ4v) is 4.49. The average molecular weight is 420 g/mol. The second-order valence-electron chi connectivity index (χ2n) is 8.29. The van der Waals surface area contributed by atoms with Crippen molar-refractivity contribution in [2.24, 2.45) is 11.8 Å². The molecule has 2 aromatic carbocycles. The Labute approximate surface area is 183 Å². The largest absolute Gasteiger partial charge is 0.481 e. The van der Waals surface area contributed by atoms with Crippen LogP contribution in [0.25, 0.3) is 0 Å². The number of aryl methyl sites for hydroxylation is 1. The first kappa shape index (κ1) is 21.0. The lowest BCUT2D eigenvalue weighted by atomic mass is 9.82. The smallest absolute Gasteiger partial charge is 0.307 e. The number of benzene rings is 2. The predicted octanol–water partition coefficient (Wildman–Crippen LogP) is 3.93. The van der Waals surface area contributed by atoms with Crippen LogP contribution in [0.15, 0.2) is 60.7 Å². The van der Waals surface area contributed by atoms with Gasteiger partial charge >= 0.3 is 5.97 Å². The lowest BCUT2D eigenvalue weighted by molar-refractivity contribution is -0.146. The molecule has 1 amide bonds. The minimum Gasteiger partial charge on any atom is -0.481 e. The number of carboxylic acid groups (broad SMARTS) is 1. The summed E-state index contributed by atoms with van der Waals surface area (Å²) in [6.45, 7) is 5.96. The van der Waals surface area contributed by atoms with Gasteiger partial charge in [0, 0.05) is 43.2 Å². The maximum Gasteiger partial charge on any atom is 0.307 e. The van der Waals surface area contributed by atoms with Gasteiger partial charge in [0.1, 0.15) is 0 Å². The van der Waals surface area contributed by atoms with E-state index in [1.807, 2.05) is 36.4 Å². The summed E-state index contributed by atoms with van der Waals surface area (Å²) in [5, 5.41) is 12.3. The van der Waals surface area contributed by atoms with Gasteiger partial charge in [-0.1, -0.05) is 30.4 Å². The average Bonchev–Trinajstić information content (AvgIpc) is 2.80. The van der Waals surface area contributed by atoms with E-state index < -0.39 is 17.8 Å². The molecule has 1 fully saturated rings. The second kappa shape index (κ2) is 9.25. The molecule has 1 saturated heterocycles. The molecule has 1 aliphatic carbocycles. The number of para-hydroxylation sites is 1. The number of hydrogen-bond donors (Lipinski definition) is 2. The van der Waals surface area contributed by atoms with Crippen LogP contribution < -0.4 is 15.1 Å². The third kappa shape index (κ3) is 4.74. The van der Waals surface area contributed by atoms with Gasteiger partial charge in [-0.25, -0.2) is 0 Å². The van der Waals surface area contributed by atoms with Gasteiger partial charge < -0.3 is 20.2 Å². The Kier molecular flexibility index (Phi) is 6.26. The molecular weight excluding hydrogens is 390 g/mol. The number of allylic oxidation sites excluding steroid dienone is 2. The van der Waals surface area contributed by atoms with Gasteiger partial charge in [0.05, 0.1) is 11.8 Å². The Hall–Kier alpha value is -3.28. The molecule has 6 heteroatoms. The van der Waals surface area contributed by atoms with E-state index >= 15 is 0 Å². The molecule has 1 aliphatic heterocycles. The van der Waals surface area contributed by atoms with E-state index in [1.54, 1.807) is 0 Å². The van der Waals surface area contributed by atoms with Crippen molar-refractivity contribution in [2.45, 2.75) is 19.8 Å². The van der Waals surface area contributed by atoms with Crippen LogP contribution >= 0.6 is 0 Å². The van der Waals surface area contributed by atoms with Crippen molar-refractivity contribution < 1.29 is 14.7 Å². The number of nitrogens with zero attached hydrogens (tertiary/aromatic N) is 2. The van der Waals surface area contributed by atoms with Gasteiger partial charge in [0.25, 0.3) is 0 Å². The van der Waals surface area contributed by atoms with E-state index in [1.165, 1.54) is 11.3 Å². The van der Waals surface area contributed by atoms with Crippen molar-refractivity contribution in [3.63, 3.8) is 0 Å². The first-order valence-corrected chi connectivity index (χ1v) is 10.9. The number of hydrogen-bond acceptors (Lipinski definition) is 4. The molecular formula is C25H29N3O3. The van der Waals surface area contributed by atoms with Crippen LogP contribution in [-0.2, 0) is 9.59 Å². The Morgan fingerprint density at radius 1 is 0.871 bits per heavy atom. The maximum absolute atomic E-state index is 12.6. The number of carboxylic acids is 1. The van der Waals surface area contributed by atoms with Crippen LogP contribution in [0.4, 0.5) is 17.1 Å². The van der Waals surface area contributed by atoms with Gasteiger partial charge in [-0.3, -0.25) is 9.59 Å². The number of nitrogens with one attached hydrogen (secondary N) is 1. The van der Waals surface area contributed by atoms with Crippen molar-refractivity contribution in [3.05, 3.63) is 66.2 Å². The highest BCUT2D eigenvalue weighted by Gasteiger charge is 2.34. The molecule has 0 unspecified atom stereocenters. The Morgan fingerprint density at radius 2 is 1.48 bits per heavy atom. The SMILES string of the molecule is Cc1ccccc1N1CCN(c2ccc(NC(=O)[C@H]3CC=CC[C@@H]3C(=O)O)cc2)CC1. The highest BCUT2D eigenvalue weighted by atomic mass is 16.4. The number of amides is 1. The van der Waals surface area contributed by atoms with Crippen molar-refractivity contribution in [2.75, 3.05) is 41.3 Å². The maximum atomic E-state index is 12.6. The third-order valence-corrected chi connectivity index (χ3v) is 6.32. The van der Waals surface area contributed by atoms with E-state index in [0.29, 0.717) is 18.5 Å². The number of carbonyl (C=O) groups excluding carboxylic acids is 1. The summed E-state index contributed by atoms with van der Waals surface area (Å²) in [6, 6.07) is 16.3. The summed E-state index contributed by atoms with van der Waals surface area (Å²) in [5.41, 5.74) is 4.43. The van der Waals surface area contributed by atoms with Crippen molar-refractivity contribution in [1.82, 2.24) is 0 Å². The summed E-state index contributed by atoms with van der Waals surface area (Å²) in [5.74, 6) is -2.33. The summed E-state index contributed by atoms with van der Waals surface area (Å²) in [4.78, 5) is 28.9. The predicted molar refractivity (Wildman–Crippen MR) is 124 cm³/mol. The zero-order chi connectivity index (χ0) is 21.8. The highest BCUT2D eigenvalue weighted by molar-refractivity contribution is 5.95. The van der Waals surface area contributed by atoms with Gasteiger partial charge in [0.2, 0.25) is 5.91 Å². The van der Waals surface area contributed by atoms with Crippen molar-refractivity contribution >= 4 is 28.9 Å². The van der Waals surface area contributed by atoms with E-state index in [-0.39, 0.29) is 5.91 Å². The minimum atomic E-state index is -0.912. The Morgan fingerprint density at radius 3 is 2.13 bits per heavy atom. The zero-order valence-electron chi connectivity index (χ0n) is 17.8. The normalized spacial score (nSPS) is 21.1. The summed E-state index contributed by atoms with van der Waals surface area (Å²) >= 11 is 0. The number of aliphatic carboxylic acids is 1. The fraction of sp³-hybridized carbons (Fsp3) is 0.360. The number of carbonyl (C=O) groups is 2. The number of rotatable bonds is 5. The molecule has 0 saturated carbocycles. The molecule has 0 spiro atoms. The zero-order valence-corrected chi connectivity index (χ0v) is 17.8. The summed E-state index contributed by atoms with van der Waals surface area (Å²) < 4.78 is 0. The minimum absolute atomic E-state index is 0.226. The van der Waals surface area contributed by atoms with Crippen LogP contribution in [0.5, 0.6) is 0 Å². The van der Waals surface area contributed by atoms with Crippen LogP contribution in [0, 0.1) is 18.8 Å². The summed E-state index contributed by atoms with van der Waals surface area (Å²) in [6.07, 6.45) is 4.60. The first-order valence-electron chi connectivity index (χ1n) is 10.9. The van der Waals surface area contributed by atoms with Gasteiger partial charge in [-0.15, -0.1) is 0 Å². The second-order valence-corrected chi connectivity index (χ2v) is 8.29. The number of piperazine rings is 1. The molecule has 6 nitrogen and oxygen atoms in total. The highest BCUT2D eigenvalue weighted by Crippen LogP contribution is 2.28. The molecule has 2 aromatic rings. The molecule has 2 N–H and O–H groups in total. The molecule has 0 aromatic heterocycles.